The molecule has 2 saturated heterocycles. The van der Waals surface area contributed by atoms with Crippen LogP contribution < -0.4 is 15.5 Å². The van der Waals surface area contributed by atoms with Crippen LogP contribution in [0.25, 0.3) is 11.9 Å². The third-order valence-electron chi connectivity index (χ3n) is 6.95. The van der Waals surface area contributed by atoms with Gasteiger partial charge in [-0.3, -0.25) is 4.90 Å². The van der Waals surface area contributed by atoms with Gasteiger partial charge < -0.3 is 20.6 Å². The van der Waals surface area contributed by atoms with Crippen LogP contribution in [0.15, 0.2) is 36.5 Å². The van der Waals surface area contributed by atoms with Gasteiger partial charge in [-0.15, -0.1) is 0 Å². The lowest BCUT2D eigenvalue weighted by atomic mass is 9.97. The normalized spacial score (nSPS) is 18.0. The predicted octanol–water partition coefficient (Wildman–Crippen LogP) is 3.05. The zero-order valence-electron chi connectivity index (χ0n) is 22.0. The Labute approximate surface area is 221 Å². The molecule has 3 N–H and O–H groups in total. The highest BCUT2D eigenvalue weighted by Crippen LogP contribution is 2.29. The predicted molar refractivity (Wildman–Crippen MR) is 145 cm³/mol. The molecule has 3 aromatic rings. The number of anilines is 3. The minimum atomic E-state index is -0.726. The zero-order valence-corrected chi connectivity index (χ0v) is 22.0. The Morgan fingerprint density at radius 1 is 1.00 bits per heavy atom. The van der Waals surface area contributed by atoms with Crippen molar-refractivity contribution in [3.8, 4) is 5.82 Å². The first-order valence-electron chi connectivity index (χ1n) is 12.9. The highest BCUT2D eigenvalue weighted by molar-refractivity contribution is 5.56. The molecule has 2 fully saturated rings. The minimum Gasteiger partial charge on any atom is -0.386 e. The van der Waals surface area contributed by atoms with E-state index in [4.69, 9.17) is 5.73 Å². The maximum Gasteiger partial charge on any atom is 0.224 e. The van der Waals surface area contributed by atoms with Gasteiger partial charge in [0, 0.05) is 69.2 Å². The van der Waals surface area contributed by atoms with E-state index < -0.39 is 17.2 Å². The summed E-state index contributed by atoms with van der Waals surface area (Å²) in [5, 5.41) is 14.7. The third kappa shape index (κ3) is 5.63. The summed E-state index contributed by atoms with van der Waals surface area (Å²) < 4.78 is 29.0. The largest absolute Gasteiger partial charge is 0.386 e. The van der Waals surface area contributed by atoms with Crippen molar-refractivity contribution in [1.29, 1.82) is 0 Å². The second-order valence-electron chi connectivity index (χ2n) is 10.7. The maximum absolute atomic E-state index is 13.6. The van der Waals surface area contributed by atoms with Crippen LogP contribution in [-0.4, -0.2) is 81.2 Å². The van der Waals surface area contributed by atoms with Crippen LogP contribution in [0.5, 0.6) is 0 Å². The molecule has 0 aliphatic carbocycles. The molecule has 1 aromatic carbocycles. The van der Waals surface area contributed by atoms with Gasteiger partial charge in [0.05, 0.1) is 17.5 Å². The van der Waals surface area contributed by atoms with Crippen molar-refractivity contribution >= 4 is 23.5 Å². The standard InChI is InChI=1S/C27H34F2N8O/c1-18(2)25-19(5-4-6-34-7-9-35(10-8-34)22-12-20(28)11-21(29)13-22)15-31-37(25)24-14-23(32-26(30)33-24)36-16-27(3,38)17-36/h4-5,11-15,18,38H,6-10,16-17H2,1-3H3,(H2,30,32,33)/b5-4+. The molecule has 0 amide bonds. The molecule has 0 spiro atoms. The molecule has 2 aliphatic heterocycles. The summed E-state index contributed by atoms with van der Waals surface area (Å²) in [6.07, 6.45) is 6.02. The van der Waals surface area contributed by atoms with Gasteiger partial charge in [0.1, 0.15) is 17.5 Å². The number of hydrogen-bond donors (Lipinski definition) is 2. The summed E-state index contributed by atoms with van der Waals surface area (Å²) >= 11 is 0. The molecule has 202 valence electrons. The average molecular weight is 525 g/mol. The van der Waals surface area contributed by atoms with Crippen LogP contribution in [0.4, 0.5) is 26.2 Å². The molecule has 2 aliphatic rings. The summed E-state index contributed by atoms with van der Waals surface area (Å²) in [5.41, 5.74) is 7.90. The summed E-state index contributed by atoms with van der Waals surface area (Å²) in [4.78, 5) is 15.1. The molecule has 38 heavy (non-hydrogen) atoms. The van der Waals surface area contributed by atoms with Crippen LogP contribution in [-0.2, 0) is 0 Å². The summed E-state index contributed by atoms with van der Waals surface area (Å²) in [7, 11) is 0. The van der Waals surface area contributed by atoms with E-state index in [1.54, 1.807) is 11.6 Å². The lowest BCUT2D eigenvalue weighted by Crippen LogP contribution is -2.60. The molecule has 0 bridgehead atoms. The van der Waals surface area contributed by atoms with E-state index in [1.165, 1.54) is 12.1 Å². The van der Waals surface area contributed by atoms with Gasteiger partial charge in [0.25, 0.3) is 0 Å². The molecule has 5 rings (SSSR count). The van der Waals surface area contributed by atoms with Crippen LogP contribution in [0.1, 0.15) is 37.9 Å². The van der Waals surface area contributed by atoms with Gasteiger partial charge >= 0.3 is 0 Å². The first-order valence-corrected chi connectivity index (χ1v) is 12.9. The van der Waals surface area contributed by atoms with Crippen molar-refractivity contribution < 1.29 is 13.9 Å². The second-order valence-corrected chi connectivity index (χ2v) is 10.7. The van der Waals surface area contributed by atoms with E-state index in [0.717, 1.165) is 37.0 Å². The Hall–Kier alpha value is -3.57. The number of piperazine rings is 1. The van der Waals surface area contributed by atoms with Gasteiger partial charge in [-0.05, 0) is 25.0 Å². The van der Waals surface area contributed by atoms with E-state index in [9.17, 15) is 13.9 Å². The zero-order chi connectivity index (χ0) is 27.0. The first kappa shape index (κ1) is 26.1. The van der Waals surface area contributed by atoms with Crippen molar-refractivity contribution in [1.82, 2.24) is 24.6 Å². The SMILES string of the molecule is CC(C)c1c(/C=C/CN2CCN(c3cc(F)cc(F)c3)CC2)cnn1-c1cc(N2CC(C)(O)C2)nc(N)n1. The quantitative estimate of drug-likeness (QED) is 0.487. The Morgan fingerprint density at radius 2 is 1.66 bits per heavy atom. The maximum atomic E-state index is 13.6. The van der Waals surface area contributed by atoms with E-state index >= 15 is 0 Å². The van der Waals surface area contributed by atoms with Crippen LogP contribution >= 0.6 is 0 Å². The van der Waals surface area contributed by atoms with Gasteiger partial charge in [0.2, 0.25) is 5.95 Å². The van der Waals surface area contributed by atoms with E-state index in [-0.39, 0.29) is 11.9 Å². The van der Waals surface area contributed by atoms with Gasteiger partial charge in [-0.25, -0.2) is 13.5 Å². The fourth-order valence-electron chi connectivity index (χ4n) is 5.15. The van der Waals surface area contributed by atoms with Crippen molar-refractivity contribution in [3.05, 3.63) is 59.4 Å². The molecule has 0 saturated carbocycles. The average Bonchev–Trinajstić information content (AvgIpc) is 3.26. The summed E-state index contributed by atoms with van der Waals surface area (Å²) in [5.74, 6) is 0.486. The van der Waals surface area contributed by atoms with Crippen molar-refractivity contribution in [2.45, 2.75) is 32.3 Å². The second kappa shape index (κ2) is 10.3. The number of rotatable bonds is 7. The Bertz CT molecular complexity index is 1300. The number of nitrogen functional groups attached to an aromatic ring is 1. The van der Waals surface area contributed by atoms with Gasteiger partial charge in [0.15, 0.2) is 5.82 Å². The number of hydrogen-bond acceptors (Lipinski definition) is 8. The smallest absolute Gasteiger partial charge is 0.224 e. The number of nitrogens with zero attached hydrogens (tertiary/aromatic N) is 7. The molecular weight excluding hydrogens is 490 g/mol. The molecule has 2 aromatic heterocycles. The molecular formula is C27H34F2N8O. The fraction of sp³-hybridized carbons (Fsp3) is 0.444. The molecule has 0 unspecified atom stereocenters. The fourth-order valence-corrected chi connectivity index (χ4v) is 5.15. The van der Waals surface area contributed by atoms with E-state index in [0.29, 0.717) is 43.5 Å². The van der Waals surface area contributed by atoms with E-state index in [1.807, 2.05) is 22.1 Å². The first-order chi connectivity index (χ1) is 18.1. The number of nitrogens with two attached hydrogens (primary N) is 1. The lowest BCUT2D eigenvalue weighted by molar-refractivity contribution is 0.0305. The summed E-state index contributed by atoms with van der Waals surface area (Å²) in [6, 6.07) is 5.51. The molecule has 9 nitrogen and oxygen atoms in total. The molecule has 0 atom stereocenters. The summed E-state index contributed by atoms with van der Waals surface area (Å²) in [6.45, 7) is 10.7. The number of β-amino-alcohol motifs (C(OH)–C–C–N with tert-alkyl or cyclic N) is 1. The topological polar surface area (TPSA) is 99.6 Å². The van der Waals surface area contributed by atoms with Crippen LogP contribution in [0, 0.1) is 11.6 Å². The number of benzene rings is 1. The van der Waals surface area contributed by atoms with Crippen molar-refractivity contribution in [2.75, 3.05) is 61.3 Å². The van der Waals surface area contributed by atoms with Crippen LogP contribution in [0.3, 0.4) is 0 Å². The lowest BCUT2D eigenvalue weighted by Gasteiger charge is -2.44. The molecule has 0 radical (unpaired) electrons. The van der Waals surface area contributed by atoms with Crippen LogP contribution in [0.2, 0.25) is 0 Å². The van der Waals surface area contributed by atoms with Crippen molar-refractivity contribution in [3.63, 3.8) is 0 Å². The highest BCUT2D eigenvalue weighted by Gasteiger charge is 2.37. The Kier molecular flexibility index (Phi) is 7.06. The highest BCUT2D eigenvalue weighted by atomic mass is 19.1. The Balaban J connectivity index is 1.26. The monoisotopic (exact) mass is 524 g/mol. The van der Waals surface area contributed by atoms with Crippen molar-refractivity contribution in [2.24, 2.45) is 0 Å². The molecule has 11 heteroatoms. The Morgan fingerprint density at radius 3 is 2.29 bits per heavy atom. The van der Waals surface area contributed by atoms with Gasteiger partial charge in [-0.1, -0.05) is 26.0 Å². The number of aromatic nitrogens is 4. The van der Waals surface area contributed by atoms with E-state index in [2.05, 4.69) is 46.0 Å². The van der Waals surface area contributed by atoms with Gasteiger partial charge in [-0.2, -0.15) is 15.1 Å². The molecule has 4 heterocycles. The third-order valence-corrected chi connectivity index (χ3v) is 6.95. The number of aliphatic hydroxyl groups is 1. The number of halogens is 2. The minimum absolute atomic E-state index is 0.159.